The minimum Gasteiger partial charge on any atom is -0.497 e. The van der Waals surface area contributed by atoms with E-state index in [1.807, 2.05) is 24.3 Å². The van der Waals surface area contributed by atoms with Gasteiger partial charge in [0, 0.05) is 47.0 Å². The molecule has 0 saturated carbocycles. The van der Waals surface area contributed by atoms with Crippen molar-refractivity contribution in [3.8, 4) is 5.75 Å². The van der Waals surface area contributed by atoms with Crippen LogP contribution in [0, 0.1) is 24.7 Å². The number of allylic oxidation sites excluding steroid dienone is 4. The summed E-state index contributed by atoms with van der Waals surface area (Å²) in [6, 6.07) is 14.4. The first-order valence-corrected chi connectivity index (χ1v) is 12.9. The van der Waals surface area contributed by atoms with Crippen LogP contribution < -0.4 is 9.64 Å². The molecule has 188 valence electrons. The number of rotatable bonds is 3. The molecule has 1 aliphatic heterocycles. The van der Waals surface area contributed by atoms with E-state index >= 15 is 0 Å². The molecule has 4 heteroatoms. The Hall–Kier alpha value is -3.14. The van der Waals surface area contributed by atoms with Gasteiger partial charge in [-0.05, 0) is 78.5 Å². The summed E-state index contributed by atoms with van der Waals surface area (Å²) in [7, 11) is 1.65. The van der Waals surface area contributed by atoms with E-state index in [2.05, 4.69) is 64.6 Å². The number of anilines is 1. The predicted molar refractivity (Wildman–Crippen MR) is 144 cm³/mol. The van der Waals surface area contributed by atoms with Crippen LogP contribution in [0.25, 0.3) is 0 Å². The Morgan fingerprint density at radius 1 is 0.750 bits per heavy atom. The van der Waals surface area contributed by atoms with Crippen molar-refractivity contribution >= 4 is 17.3 Å². The van der Waals surface area contributed by atoms with Gasteiger partial charge in [0.2, 0.25) is 0 Å². The number of methoxy groups -OCH3 is 1. The highest BCUT2D eigenvalue weighted by Gasteiger charge is 2.49. The van der Waals surface area contributed by atoms with Gasteiger partial charge < -0.3 is 9.64 Å². The Balaban J connectivity index is 1.82. The quantitative estimate of drug-likeness (QED) is 0.463. The zero-order valence-corrected chi connectivity index (χ0v) is 22.6. The largest absolute Gasteiger partial charge is 0.497 e. The van der Waals surface area contributed by atoms with Crippen LogP contribution in [0.15, 0.2) is 65.0 Å². The smallest absolute Gasteiger partial charge is 0.162 e. The third-order valence-electron chi connectivity index (χ3n) is 8.11. The first-order valence-electron chi connectivity index (χ1n) is 12.9. The van der Waals surface area contributed by atoms with Crippen molar-refractivity contribution in [3.05, 3.63) is 81.7 Å². The number of nitrogens with zero attached hydrogens (tertiary/aromatic N) is 1. The second kappa shape index (κ2) is 8.47. The number of carbonyl (C=O) groups excluding carboxylic acids is 2. The van der Waals surface area contributed by atoms with E-state index in [0.29, 0.717) is 12.8 Å². The van der Waals surface area contributed by atoms with Crippen molar-refractivity contribution < 1.29 is 14.3 Å². The average Bonchev–Trinajstić information content (AvgIpc) is 2.78. The van der Waals surface area contributed by atoms with Gasteiger partial charge in [0.15, 0.2) is 11.6 Å². The summed E-state index contributed by atoms with van der Waals surface area (Å²) in [5.74, 6) is 0.734. The summed E-state index contributed by atoms with van der Waals surface area (Å²) in [5, 5.41) is 0. The lowest BCUT2D eigenvalue weighted by Gasteiger charge is -2.49. The van der Waals surface area contributed by atoms with Crippen molar-refractivity contribution in [2.75, 3.05) is 12.0 Å². The number of carbonyl (C=O) groups is 2. The molecule has 5 rings (SSSR count). The number of ether oxygens (including phenoxy) is 1. The molecule has 4 nitrogen and oxygen atoms in total. The van der Waals surface area contributed by atoms with Gasteiger partial charge in [0.25, 0.3) is 0 Å². The highest BCUT2D eigenvalue weighted by Crippen LogP contribution is 2.55. The average molecular weight is 484 g/mol. The van der Waals surface area contributed by atoms with Gasteiger partial charge in [-0.3, -0.25) is 9.59 Å². The Labute approximate surface area is 215 Å². The summed E-state index contributed by atoms with van der Waals surface area (Å²) in [6.07, 6.45) is 2.56. The van der Waals surface area contributed by atoms with Gasteiger partial charge in [-0.1, -0.05) is 45.9 Å². The van der Waals surface area contributed by atoms with E-state index in [0.717, 1.165) is 52.4 Å². The summed E-state index contributed by atoms with van der Waals surface area (Å²) < 4.78 is 5.40. The fraction of sp³-hybridized carbons (Fsp3) is 0.438. The Morgan fingerprint density at radius 2 is 1.28 bits per heavy atom. The molecule has 0 amide bonds. The number of hydrogen-bond donors (Lipinski definition) is 0. The second-order valence-corrected chi connectivity index (χ2v) is 12.4. The molecule has 36 heavy (non-hydrogen) atoms. The van der Waals surface area contributed by atoms with Gasteiger partial charge in [0.1, 0.15) is 5.75 Å². The van der Waals surface area contributed by atoms with Crippen molar-refractivity contribution in [1.29, 1.82) is 0 Å². The van der Waals surface area contributed by atoms with Gasteiger partial charge in [0.05, 0.1) is 7.11 Å². The molecule has 0 bridgehead atoms. The Bertz CT molecular complexity index is 1270. The van der Waals surface area contributed by atoms with Crippen LogP contribution >= 0.6 is 0 Å². The lowest BCUT2D eigenvalue weighted by molar-refractivity contribution is -0.119. The standard InChI is InChI=1S/C32H37NO3/c1-19-8-11-22(14-20(19)2)33-24-15-31(3,4)17-26(34)29(24)28(21-9-12-23(36-7)13-10-21)30-25(33)16-32(5,6)18-27(30)35/h8-14,28H,15-18H2,1-7H3. The van der Waals surface area contributed by atoms with Crippen LogP contribution in [-0.4, -0.2) is 18.7 Å². The molecule has 0 atom stereocenters. The number of ketones is 2. The Morgan fingerprint density at radius 3 is 1.75 bits per heavy atom. The van der Waals surface area contributed by atoms with E-state index in [-0.39, 0.29) is 28.3 Å². The van der Waals surface area contributed by atoms with Crippen molar-refractivity contribution in [2.45, 2.75) is 73.1 Å². The molecule has 2 aromatic rings. The lowest BCUT2D eigenvalue weighted by Crippen LogP contribution is -2.44. The maximum absolute atomic E-state index is 13.9. The van der Waals surface area contributed by atoms with Crippen LogP contribution in [0.1, 0.15) is 76.0 Å². The molecule has 0 unspecified atom stereocenters. The SMILES string of the molecule is COc1ccc(C2C3=C(CC(C)(C)CC3=O)N(c3ccc(C)c(C)c3)C3=C2C(=O)CC(C)(C)C3)cc1. The monoisotopic (exact) mass is 483 g/mol. The van der Waals surface area contributed by atoms with Crippen molar-refractivity contribution in [1.82, 2.24) is 0 Å². The fourth-order valence-corrected chi connectivity index (χ4v) is 6.27. The highest BCUT2D eigenvalue weighted by molar-refractivity contribution is 6.08. The van der Waals surface area contributed by atoms with Gasteiger partial charge >= 0.3 is 0 Å². The number of hydrogen-bond acceptors (Lipinski definition) is 4. The minimum atomic E-state index is -0.337. The molecule has 2 aromatic carbocycles. The molecule has 0 fully saturated rings. The molecule has 0 N–H and O–H groups in total. The minimum absolute atomic E-state index is 0.148. The summed E-state index contributed by atoms with van der Waals surface area (Å²) >= 11 is 0. The first-order chi connectivity index (χ1) is 16.9. The maximum atomic E-state index is 13.9. The second-order valence-electron chi connectivity index (χ2n) is 12.4. The van der Waals surface area contributed by atoms with Crippen molar-refractivity contribution in [2.24, 2.45) is 10.8 Å². The van der Waals surface area contributed by atoms with E-state index in [9.17, 15) is 9.59 Å². The van der Waals surface area contributed by atoms with Crippen LogP contribution in [0.5, 0.6) is 5.75 Å². The maximum Gasteiger partial charge on any atom is 0.162 e. The first kappa shape index (κ1) is 24.5. The highest BCUT2D eigenvalue weighted by atomic mass is 16.5. The molecule has 0 radical (unpaired) electrons. The number of Topliss-reactive ketones (excluding diaryl/α,β-unsaturated/α-hetero) is 2. The Kier molecular flexibility index (Phi) is 5.77. The normalized spacial score (nSPS) is 21.5. The molecule has 3 aliphatic rings. The van der Waals surface area contributed by atoms with Gasteiger partial charge in [-0.15, -0.1) is 0 Å². The molecule has 0 aromatic heterocycles. The van der Waals surface area contributed by atoms with Crippen LogP contribution in [0.3, 0.4) is 0 Å². The molecule has 0 spiro atoms. The fourth-order valence-electron chi connectivity index (χ4n) is 6.27. The third kappa shape index (κ3) is 4.11. The molecule has 2 aliphatic carbocycles. The summed E-state index contributed by atoms with van der Waals surface area (Å²) in [6.45, 7) is 12.9. The van der Waals surface area contributed by atoms with E-state index in [4.69, 9.17) is 4.74 Å². The van der Waals surface area contributed by atoms with Gasteiger partial charge in [-0.25, -0.2) is 0 Å². The van der Waals surface area contributed by atoms with E-state index in [1.54, 1.807) is 7.11 Å². The number of benzene rings is 2. The van der Waals surface area contributed by atoms with Gasteiger partial charge in [-0.2, -0.15) is 0 Å². The third-order valence-corrected chi connectivity index (χ3v) is 8.11. The van der Waals surface area contributed by atoms with Crippen molar-refractivity contribution in [3.63, 3.8) is 0 Å². The molecular weight excluding hydrogens is 446 g/mol. The van der Waals surface area contributed by atoms with Crippen LogP contribution in [0.2, 0.25) is 0 Å². The van der Waals surface area contributed by atoms with Crippen LogP contribution in [-0.2, 0) is 9.59 Å². The predicted octanol–water partition coefficient (Wildman–Crippen LogP) is 7.20. The van der Waals surface area contributed by atoms with E-state index < -0.39 is 0 Å². The topological polar surface area (TPSA) is 46.6 Å². The lowest BCUT2D eigenvalue weighted by atomic mass is 9.63. The zero-order chi connectivity index (χ0) is 26.0. The number of aryl methyl sites for hydroxylation is 2. The molecule has 0 saturated heterocycles. The summed E-state index contributed by atoms with van der Waals surface area (Å²) in [4.78, 5) is 30.1. The van der Waals surface area contributed by atoms with E-state index in [1.165, 1.54) is 11.1 Å². The molecule has 1 heterocycles. The summed E-state index contributed by atoms with van der Waals surface area (Å²) in [5.41, 5.74) is 7.88. The zero-order valence-electron chi connectivity index (χ0n) is 22.6. The molecular formula is C32H37NO3. The van der Waals surface area contributed by atoms with Crippen LogP contribution in [0.4, 0.5) is 5.69 Å².